The third-order valence-electron chi connectivity index (χ3n) is 2.68. The molecular formula is C12H20N4O2. The molecule has 1 aromatic rings. The Morgan fingerprint density at radius 1 is 1.39 bits per heavy atom. The Labute approximate surface area is 107 Å². The minimum absolute atomic E-state index is 0.0155. The van der Waals surface area contributed by atoms with Gasteiger partial charge in [-0.25, -0.2) is 4.98 Å². The molecule has 1 rings (SSSR count). The number of hydrogen-bond donors (Lipinski definition) is 1. The summed E-state index contributed by atoms with van der Waals surface area (Å²) in [6.07, 6.45) is 2.41. The molecule has 6 heteroatoms. The first-order valence-electron chi connectivity index (χ1n) is 6.24. The molecule has 1 aromatic heterocycles. The van der Waals surface area contributed by atoms with Crippen molar-refractivity contribution in [2.24, 2.45) is 0 Å². The quantitative estimate of drug-likeness (QED) is 0.567. The van der Waals surface area contributed by atoms with Crippen LogP contribution in [0.2, 0.25) is 0 Å². The van der Waals surface area contributed by atoms with Crippen LogP contribution in [0, 0.1) is 10.1 Å². The number of likely N-dealkylation sites (N-methyl/N-ethyl adjacent to an activating group) is 1. The number of anilines is 1. The lowest BCUT2D eigenvalue weighted by Gasteiger charge is -2.19. The van der Waals surface area contributed by atoms with Crippen molar-refractivity contribution in [3.63, 3.8) is 0 Å². The third-order valence-corrected chi connectivity index (χ3v) is 2.68. The smallest absolute Gasteiger partial charge is 0.287 e. The van der Waals surface area contributed by atoms with Gasteiger partial charge in [-0.15, -0.1) is 0 Å². The minimum atomic E-state index is -0.448. The SMILES string of the molecule is CCCN(CC)CCNc1ccc([N+](=O)[O-])cn1. The molecule has 0 saturated carbocycles. The normalized spacial score (nSPS) is 10.6. The highest BCUT2D eigenvalue weighted by Crippen LogP contribution is 2.11. The Morgan fingerprint density at radius 2 is 2.17 bits per heavy atom. The second kappa shape index (κ2) is 7.60. The lowest BCUT2D eigenvalue weighted by Crippen LogP contribution is -2.29. The Kier molecular flexibility index (Phi) is 6.07. The fourth-order valence-corrected chi connectivity index (χ4v) is 1.68. The average molecular weight is 252 g/mol. The summed E-state index contributed by atoms with van der Waals surface area (Å²) >= 11 is 0. The molecule has 0 unspecified atom stereocenters. The topological polar surface area (TPSA) is 71.3 Å². The molecule has 100 valence electrons. The number of nitrogens with zero attached hydrogens (tertiary/aromatic N) is 3. The molecule has 1 N–H and O–H groups in total. The van der Waals surface area contributed by atoms with Gasteiger partial charge in [0.05, 0.1) is 4.92 Å². The molecule has 0 atom stereocenters. The van der Waals surface area contributed by atoms with E-state index >= 15 is 0 Å². The second-order valence-corrected chi connectivity index (χ2v) is 4.02. The van der Waals surface area contributed by atoms with Gasteiger partial charge in [-0.3, -0.25) is 10.1 Å². The molecule has 0 spiro atoms. The molecule has 18 heavy (non-hydrogen) atoms. The average Bonchev–Trinajstić information content (AvgIpc) is 2.38. The molecule has 0 aliphatic heterocycles. The molecule has 0 fully saturated rings. The van der Waals surface area contributed by atoms with Crippen LogP contribution < -0.4 is 5.32 Å². The minimum Gasteiger partial charge on any atom is -0.369 e. The van der Waals surface area contributed by atoms with E-state index < -0.39 is 4.92 Å². The van der Waals surface area contributed by atoms with Crippen molar-refractivity contribution < 1.29 is 4.92 Å². The van der Waals surface area contributed by atoms with Gasteiger partial charge in [-0.05, 0) is 25.6 Å². The third kappa shape index (κ3) is 4.67. The van der Waals surface area contributed by atoms with E-state index in [-0.39, 0.29) is 5.69 Å². The van der Waals surface area contributed by atoms with Crippen molar-refractivity contribution in [2.75, 3.05) is 31.5 Å². The van der Waals surface area contributed by atoms with Crippen molar-refractivity contribution >= 4 is 11.5 Å². The molecule has 0 aromatic carbocycles. The number of aromatic nitrogens is 1. The number of hydrogen-bond acceptors (Lipinski definition) is 5. The van der Waals surface area contributed by atoms with Gasteiger partial charge < -0.3 is 10.2 Å². The van der Waals surface area contributed by atoms with E-state index in [9.17, 15) is 10.1 Å². The molecule has 0 bridgehead atoms. The predicted molar refractivity (Wildman–Crippen MR) is 71.8 cm³/mol. The number of nitrogens with one attached hydrogen (secondary N) is 1. The van der Waals surface area contributed by atoms with E-state index in [0.717, 1.165) is 32.6 Å². The van der Waals surface area contributed by atoms with E-state index in [1.54, 1.807) is 6.07 Å². The van der Waals surface area contributed by atoms with Crippen LogP contribution in [-0.4, -0.2) is 41.0 Å². The zero-order valence-electron chi connectivity index (χ0n) is 10.9. The zero-order valence-corrected chi connectivity index (χ0v) is 10.9. The van der Waals surface area contributed by atoms with E-state index in [1.807, 2.05) is 0 Å². The van der Waals surface area contributed by atoms with Gasteiger partial charge in [0.2, 0.25) is 0 Å². The largest absolute Gasteiger partial charge is 0.369 e. The molecule has 0 amide bonds. The molecule has 0 radical (unpaired) electrons. The summed E-state index contributed by atoms with van der Waals surface area (Å²) in [7, 11) is 0. The lowest BCUT2D eigenvalue weighted by atomic mass is 10.4. The number of pyridine rings is 1. The standard InChI is InChI=1S/C12H20N4O2/c1-3-8-15(4-2)9-7-13-12-6-5-11(10-14-12)16(17)18/h5-6,10H,3-4,7-9H2,1-2H3,(H,13,14). The maximum Gasteiger partial charge on any atom is 0.287 e. The lowest BCUT2D eigenvalue weighted by molar-refractivity contribution is -0.385. The fourth-order valence-electron chi connectivity index (χ4n) is 1.68. The van der Waals surface area contributed by atoms with Gasteiger partial charge in [-0.1, -0.05) is 13.8 Å². The van der Waals surface area contributed by atoms with Crippen molar-refractivity contribution in [3.05, 3.63) is 28.4 Å². The maximum absolute atomic E-state index is 10.5. The zero-order chi connectivity index (χ0) is 13.4. The van der Waals surface area contributed by atoms with Crippen LogP contribution >= 0.6 is 0 Å². The van der Waals surface area contributed by atoms with Gasteiger partial charge >= 0.3 is 0 Å². The summed E-state index contributed by atoms with van der Waals surface area (Å²) in [5.74, 6) is 0.674. The highest BCUT2D eigenvalue weighted by molar-refractivity contribution is 5.39. The van der Waals surface area contributed by atoms with Gasteiger partial charge in [0, 0.05) is 19.2 Å². The van der Waals surface area contributed by atoms with Crippen LogP contribution in [0.4, 0.5) is 11.5 Å². The van der Waals surface area contributed by atoms with Crippen molar-refractivity contribution in [2.45, 2.75) is 20.3 Å². The summed E-state index contributed by atoms with van der Waals surface area (Å²) in [5, 5.41) is 13.6. The van der Waals surface area contributed by atoms with Crippen molar-refractivity contribution in [3.8, 4) is 0 Å². The first-order valence-corrected chi connectivity index (χ1v) is 6.24. The number of nitro groups is 1. The highest BCUT2D eigenvalue weighted by atomic mass is 16.6. The maximum atomic E-state index is 10.5. The first kappa shape index (κ1) is 14.4. The van der Waals surface area contributed by atoms with E-state index in [1.165, 1.54) is 12.3 Å². The van der Waals surface area contributed by atoms with Crippen LogP contribution in [0.5, 0.6) is 0 Å². The Morgan fingerprint density at radius 3 is 2.67 bits per heavy atom. The van der Waals surface area contributed by atoms with E-state index in [4.69, 9.17) is 0 Å². The summed E-state index contributed by atoms with van der Waals surface area (Å²) in [6.45, 7) is 8.16. The van der Waals surface area contributed by atoms with Gasteiger partial charge in [0.15, 0.2) is 0 Å². The van der Waals surface area contributed by atoms with E-state index in [0.29, 0.717) is 5.82 Å². The summed E-state index contributed by atoms with van der Waals surface area (Å²) in [6, 6.07) is 3.09. The van der Waals surface area contributed by atoms with Crippen LogP contribution in [-0.2, 0) is 0 Å². The highest BCUT2D eigenvalue weighted by Gasteiger charge is 2.05. The van der Waals surface area contributed by atoms with Crippen molar-refractivity contribution in [1.29, 1.82) is 0 Å². The molecule has 0 aliphatic carbocycles. The first-order chi connectivity index (χ1) is 8.67. The van der Waals surface area contributed by atoms with Crippen LogP contribution in [0.25, 0.3) is 0 Å². The Hall–Kier alpha value is -1.69. The second-order valence-electron chi connectivity index (χ2n) is 4.02. The Bertz CT molecular complexity index is 367. The monoisotopic (exact) mass is 252 g/mol. The number of rotatable bonds is 8. The van der Waals surface area contributed by atoms with Gasteiger partial charge in [0.1, 0.15) is 12.0 Å². The molecule has 0 aliphatic rings. The summed E-state index contributed by atoms with van der Waals surface area (Å²) in [4.78, 5) is 16.4. The molecule has 0 saturated heterocycles. The molecule has 6 nitrogen and oxygen atoms in total. The fraction of sp³-hybridized carbons (Fsp3) is 0.583. The summed E-state index contributed by atoms with van der Waals surface area (Å²) in [5.41, 5.74) is 0.0155. The van der Waals surface area contributed by atoms with E-state index in [2.05, 4.69) is 29.0 Å². The Balaban J connectivity index is 2.37. The molecular weight excluding hydrogens is 232 g/mol. The van der Waals surface area contributed by atoms with Gasteiger partial charge in [0.25, 0.3) is 5.69 Å². The van der Waals surface area contributed by atoms with Crippen molar-refractivity contribution in [1.82, 2.24) is 9.88 Å². The van der Waals surface area contributed by atoms with Crippen LogP contribution in [0.15, 0.2) is 18.3 Å². The van der Waals surface area contributed by atoms with Crippen LogP contribution in [0.1, 0.15) is 20.3 Å². The van der Waals surface area contributed by atoms with Gasteiger partial charge in [-0.2, -0.15) is 0 Å². The van der Waals surface area contributed by atoms with Crippen LogP contribution in [0.3, 0.4) is 0 Å². The molecule has 1 heterocycles. The summed E-state index contributed by atoms with van der Waals surface area (Å²) < 4.78 is 0. The predicted octanol–water partition coefficient (Wildman–Crippen LogP) is 2.13.